The zero-order valence-electron chi connectivity index (χ0n) is 13.8. The second-order valence-corrected chi connectivity index (χ2v) is 6.73. The summed E-state index contributed by atoms with van der Waals surface area (Å²) in [6.07, 6.45) is 7.01. The van der Waals surface area contributed by atoms with Crippen LogP contribution >= 0.6 is 0 Å². The molecule has 0 aliphatic heterocycles. The van der Waals surface area contributed by atoms with Crippen LogP contribution in [0.1, 0.15) is 40.2 Å². The van der Waals surface area contributed by atoms with Crippen molar-refractivity contribution in [2.24, 2.45) is 0 Å². The van der Waals surface area contributed by atoms with Gasteiger partial charge in [0, 0.05) is 5.92 Å². The first-order valence-corrected chi connectivity index (χ1v) is 8.48. The van der Waals surface area contributed by atoms with E-state index < -0.39 is 0 Å². The minimum Gasteiger partial charge on any atom is -0.0764 e. The van der Waals surface area contributed by atoms with Crippen LogP contribution in [0.15, 0.2) is 60.7 Å². The Morgan fingerprint density at radius 2 is 1.74 bits per heavy atom. The minimum atomic E-state index is 0.523. The molecule has 1 aliphatic rings. The SMILES string of the molecule is Cc1ccc(CCC2C=Cc3cccc4cccc2c34)c(C)c1. The molecule has 0 nitrogen and oxygen atoms in total. The largest absolute Gasteiger partial charge is 0.0764 e. The highest BCUT2D eigenvalue weighted by Gasteiger charge is 2.17. The van der Waals surface area contributed by atoms with Crippen molar-refractivity contribution in [1.29, 1.82) is 0 Å². The van der Waals surface area contributed by atoms with Crippen molar-refractivity contribution in [3.63, 3.8) is 0 Å². The Kier molecular flexibility index (Phi) is 3.53. The monoisotopic (exact) mass is 298 g/mol. The second-order valence-electron chi connectivity index (χ2n) is 6.73. The molecule has 0 spiro atoms. The van der Waals surface area contributed by atoms with E-state index in [1.54, 1.807) is 0 Å². The number of benzene rings is 3. The molecule has 0 heterocycles. The van der Waals surface area contributed by atoms with Crippen LogP contribution in [0, 0.1) is 13.8 Å². The number of aryl methyl sites for hydroxylation is 3. The summed E-state index contributed by atoms with van der Waals surface area (Å²) in [5, 5.41) is 2.81. The van der Waals surface area contributed by atoms with Crippen LogP contribution in [0.5, 0.6) is 0 Å². The second kappa shape index (κ2) is 5.70. The predicted octanol–water partition coefficient (Wildman–Crippen LogP) is 6.20. The molecule has 0 saturated heterocycles. The Balaban J connectivity index is 1.64. The molecule has 1 unspecified atom stereocenters. The third-order valence-electron chi connectivity index (χ3n) is 5.10. The average Bonchev–Trinajstić information content (AvgIpc) is 2.56. The number of hydrogen-bond donors (Lipinski definition) is 0. The van der Waals surface area contributed by atoms with Gasteiger partial charge in [0.15, 0.2) is 0 Å². The van der Waals surface area contributed by atoms with Gasteiger partial charge in [0.2, 0.25) is 0 Å². The van der Waals surface area contributed by atoms with Gasteiger partial charge in [0.1, 0.15) is 0 Å². The van der Waals surface area contributed by atoms with Crippen molar-refractivity contribution >= 4 is 16.8 Å². The quantitative estimate of drug-likeness (QED) is 0.540. The Morgan fingerprint density at radius 1 is 0.913 bits per heavy atom. The van der Waals surface area contributed by atoms with E-state index in [1.807, 2.05) is 0 Å². The van der Waals surface area contributed by atoms with Gasteiger partial charge in [-0.1, -0.05) is 72.3 Å². The number of rotatable bonds is 3. The van der Waals surface area contributed by atoms with Gasteiger partial charge in [-0.15, -0.1) is 0 Å². The van der Waals surface area contributed by atoms with Gasteiger partial charge in [-0.05, 0) is 59.7 Å². The summed E-state index contributed by atoms with van der Waals surface area (Å²) in [4.78, 5) is 0. The van der Waals surface area contributed by atoms with Crippen LogP contribution in [-0.2, 0) is 6.42 Å². The summed E-state index contributed by atoms with van der Waals surface area (Å²) in [6.45, 7) is 4.40. The molecule has 0 bridgehead atoms. The fourth-order valence-electron chi connectivity index (χ4n) is 3.86. The maximum atomic E-state index is 2.39. The maximum Gasteiger partial charge on any atom is 0.00308 e. The van der Waals surface area contributed by atoms with Crippen molar-refractivity contribution in [3.05, 3.63) is 88.5 Å². The predicted molar refractivity (Wildman–Crippen MR) is 100.0 cm³/mol. The van der Waals surface area contributed by atoms with Crippen LogP contribution in [0.25, 0.3) is 16.8 Å². The third-order valence-corrected chi connectivity index (χ3v) is 5.10. The van der Waals surface area contributed by atoms with Crippen molar-refractivity contribution < 1.29 is 0 Å². The van der Waals surface area contributed by atoms with Gasteiger partial charge in [-0.25, -0.2) is 0 Å². The summed E-state index contributed by atoms with van der Waals surface area (Å²) in [7, 11) is 0. The lowest BCUT2D eigenvalue weighted by Gasteiger charge is -2.21. The first-order chi connectivity index (χ1) is 11.2. The molecule has 1 aliphatic carbocycles. The molecule has 0 heteroatoms. The van der Waals surface area contributed by atoms with Crippen molar-refractivity contribution in [3.8, 4) is 0 Å². The van der Waals surface area contributed by atoms with E-state index in [2.05, 4.69) is 80.6 Å². The van der Waals surface area contributed by atoms with Crippen LogP contribution in [0.3, 0.4) is 0 Å². The van der Waals surface area contributed by atoms with E-state index in [9.17, 15) is 0 Å². The van der Waals surface area contributed by atoms with Crippen molar-refractivity contribution in [1.82, 2.24) is 0 Å². The fraction of sp³-hybridized carbons (Fsp3) is 0.217. The van der Waals surface area contributed by atoms with Gasteiger partial charge >= 0.3 is 0 Å². The summed E-state index contributed by atoms with van der Waals surface area (Å²) < 4.78 is 0. The van der Waals surface area contributed by atoms with Gasteiger partial charge < -0.3 is 0 Å². The molecule has 3 aromatic carbocycles. The normalized spacial score (nSPS) is 16.0. The molecular formula is C23H22. The lowest BCUT2D eigenvalue weighted by atomic mass is 9.83. The number of allylic oxidation sites excluding steroid dienone is 1. The topological polar surface area (TPSA) is 0 Å². The van der Waals surface area contributed by atoms with E-state index in [1.165, 1.54) is 45.0 Å². The van der Waals surface area contributed by atoms with Gasteiger partial charge in [-0.2, -0.15) is 0 Å². The first kappa shape index (κ1) is 14.3. The summed E-state index contributed by atoms with van der Waals surface area (Å²) in [5.74, 6) is 0.523. The van der Waals surface area contributed by atoms with E-state index >= 15 is 0 Å². The zero-order chi connectivity index (χ0) is 15.8. The molecule has 0 fully saturated rings. The Morgan fingerprint density at radius 3 is 2.57 bits per heavy atom. The van der Waals surface area contributed by atoms with Crippen LogP contribution in [0.2, 0.25) is 0 Å². The highest BCUT2D eigenvalue weighted by molar-refractivity contribution is 5.95. The van der Waals surface area contributed by atoms with Crippen molar-refractivity contribution in [2.75, 3.05) is 0 Å². The molecule has 4 rings (SSSR count). The van der Waals surface area contributed by atoms with Gasteiger partial charge in [0.05, 0.1) is 0 Å². The van der Waals surface area contributed by atoms with Crippen LogP contribution in [-0.4, -0.2) is 0 Å². The van der Waals surface area contributed by atoms with E-state index in [0.717, 1.165) is 6.42 Å². The molecular weight excluding hydrogens is 276 g/mol. The first-order valence-electron chi connectivity index (χ1n) is 8.48. The number of hydrogen-bond acceptors (Lipinski definition) is 0. The smallest absolute Gasteiger partial charge is 0.00308 e. The molecule has 0 radical (unpaired) electrons. The summed E-state index contributed by atoms with van der Waals surface area (Å²) in [6, 6.07) is 20.2. The summed E-state index contributed by atoms with van der Waals surface area (Å²) >= 11 is 0. The lowest BCUT2D eigenvalue weighted by molar-refractivity contribution is 0.738. The zero-order valence-corrected chi connectivity index (χ0v) is 13.8. The molecule has 0 amide bonds. The fourth-order valence-corrected chi connectivity index (χ4v) is 3.86. The molecule has 0 N–H and O–H groups in total. The molecule has 3 aromatic rings. The Bertz CT molecular complexity index is 894. The molecule has 23 heavy (non-hydrogen) atoms. The average molecular weight is 298 g/mol. The Hall–Kier alpha value is -2.34. The molecule has 0 aromatic heterocycles. The van der Waals surface area contributed by atoms with Gasteiger partial charge in [0.25, 0.3) is 0 Å². The highest BCUT2D eigenvalue weighted by atomic mass is 14.2. The molecule has 0 saturated carbocycles. The Labute approximate surface area is 138 Å². The lowest BCUT2D eigenvalue weighted by Crippen LogP contribution is -2.04. The highest BCUT2D eigenvalue weighted by Crippen LogP contribution is 2.37. The van der Waals surface area contributed by atoms with Crippen molar-refractivity contribution in [2.45, 2.75) is 32.6 Å². The minimum absolute atomic E-state index is 0.523. The van der Waals surface area contributed by atoms with E-state index in [0.29, 0.717) is 5.92 Å². The summed E-state index contributed by atoms with van der Waals surface area (Å²) in [5.41, 5.74) is 7.10. The van der Waals surface area contributed by atoms with Crippen LogP contribution < -0.4 is 0 Å². The van der Waals surface area contributed by atoms with Crippen LogP contribution in [0.4, 0.5) is 0 Å². The third kappa shape index (κ3) is 2.59. The standard InChI is InChI=1S/C23H22/c1-16-9-10-18(17(2)15-16)11-12-19-13-14-21-6-3-5-20-7-4-8-22(19)23(20)21/h3-10,13-15,19H,11-12H2,1-2H3. The molecule has 1 atom stereocenters. The molecule has 114 valence electrons. The maximum absolute atomic E-state index is 2.39. The van der Waals surface area contributed by atoms with E-state index in [-0.39, 0.29) is 0 Å². The van der Waals surface area contributed by atoms with E-state index in [4.69, 9.17) is 0 Å². The van der Waals surface area contributed by atoms with Gasteiger partial charge in [-0.3, -0.25) is 0 Å².